The minimum atomic E-state index is 0.504. The van der Waals surface area contributed by atoms with Gasteiger partial charge in [-0.1, -0.05) is 0 Å². The van der Waals surface area contributed by atoms with E-state index in [2.05, 4.69) is 38.2 Å². The number of anilines is 2. The minimum Gasteiger partial charge on any atom is -0.353 e. The summed E-state index contributed by atoms with van der Waals surface area (Å²) in [6.45, 7) is 6.43. The lowest BCUT2D eigenvalue weighted by atomic mass is 10.2. The number of nitrogens with zero attached hydrogens (tertiary/aromatic N) is 4. The Morgan fingerprint density at radius 2 is 2.00 bits per heavy atom. The van der Waals surface area contributed by atoms with Gasteiger partial charge < -0.3 is 4.90 Å². The number of nitrogens with one attached hydrogen (secondary N) is 1. The Bertz CT molecular complexity index is 657. The maximum absolute atomic E-state index is 5.52. The summed E-state index contributed by atoms with van der Waals surface area (Å²) in [6.07, 6.45) is 2.76. The van der Waals surface area contributed by atoms with Crippen molar-refractivity contribution in [2.75, 3.05) is 36.5 Å². The number of aromatic nitrogens is 2. The standard InChI is InChI=1S/C14H20N6S/c1-9-8-11-12(16-14(18-15)17-13(11)21-9)20-6-4-19(5-7-20)10-2-3-10/h8,10H,2-7,15H2,1H3,(H,16,17,18). The van der Waals surface area contributed by atoms with E-state index in [0.717, 1.165) is 48.3 Å². The van der Waals surface area contributed by atoms with Gasteiger partial charge >= 0.3 is 0 Å². The van der Waals surface area contributed by atoms with E-state index in [1.54, 1.807) is 11.3 Å². The van der Waals surface area contributed by atoms with Gasteiger partial charge in [0, 0.05) is 37.1 Å². The number of nitrogens with two attached hydrogens (primary N) is 1. The van der Waals surface area contributed by atoms with Crippen molar-refractivity contribution in [3.05, 3.63) is 10.9 Å². The van der Waals surface area contributed by atoms with Gasteiger partial charge in [-0.3, -0.25) is 10.3 Å². The largest absolute Gasteiger partial charge is 0.353 e. The van der Waals surface area contributed by atoms with Gasteiger partial charge in [0.1, 0.15) is 10.6 Å². The normalized spacial score (nSPS) is 20.2. The lowest BCUT2D eigenvalue weighted by Crippen LogP contribution is -2.47. The zero-order chi connectivity index (χ0) is 14.4. The Kier molecular flexibility index (Phi) is 3.20. The second kappa shape index (κ2) is 5.08. The van der Waals surface area contributed by atoms with Gasteiger partial charge in [-0.05, 0) is 25.8 Å². The van der Waals surface area contributed by atoms with E-state index in [9.17, 15) is 0 Å². The van der Waals surface area contributed by atoms with Crippen molar-refractivity contribution in [3.63, 3.8) is 0 Å². The van der Waals surface area contributed by atoms with Crippen LogP contribution < -0.4 is 16.2 Å². The summed E-state index contributed by atoms with van der Waals surface area (Å²) in [5.74, 6) is 7.04. The summed E-state index contributed by atoms with van der Waals surface area (Å²) < 4.78 is 0. The molecule has 4 rings (SSSR count). The fourth-order valence-corrected chi connectivity index (χ4v) is 3.95. The minimum absolute atomic E-state index is 0.504. The molecule has 1 saturated carbocycles. The third-order valence-corrected chi connectivity index (χ3v) is 5.25. The Hall–Kier alpha value is -1.44. The molecule has 112 valence electrons. The molecule has 0 spiro atoms. The number of thiophene rings is 1. The fraction of sp³-hybridized carbons (Fsp3) is 0.571. The topological polar surface area (TPSA) is 70.3 Å². The molecule has 2 aliphatic rings. The monoisotopic (exact) mass is 304 g/mol. The Morgan fingerprint density at radius 3 is 2.67 bits per heavy atom. The lowest BCUT2D eigenvalue weighted by Gasteiger charge is -2.35. The molecule has 1 aliphatic heterocycles. The van der Waals surface area contributed by atoms with Crippen LogP contribution in [0.4, 0.5) is 11.8 Å². The smallest absolute Gasteiger partial charge is 0.240 e. The average Bonchev–Trinajstić information content (AvgIpc) is 3.28. The summed E-state index contributed by atoms with van der Waals surface area (Å²) in [5.41, 5.74) is 2.59. The summed E-state index contributed by atoms with van der Waals surface area (Å²) >= 11 is 1.69. The van der Waals surface area contributed by atoms with E-state index in [1.165, 1.54) is 17.7 Å². The number of piperazine rings is 1. The molecule has 7 heteroatoms. The van der Waals surface area contributed by atoms with E-state index in [-0.39, 0.29) is 0 Å². The average molecular weight is 304 g/mol. The SMILES string of the molecule is Cc1cc2c(N3CCN(C4CC4)CC3)nc(NN)nc2s1. The molecule has 1 saturated heterocycles. The van der Waals surface area contributed by atoms with Crippen molar-refractivity contribution < 1.29 is 0 Å². The maximum atomic E-state index is 5.52. The van der Waals surface area contributed by atoms with E-state index in [4.69, 9.17) is 5.84 Å². The molecule has 0 unspecified atom stereocenters. The quantitative estimate of drug-likeness (QED) is 0.662. The summed E-state index contributed by atoms with van der Waals surface area (Å²) in [4.78, 5) is 16.3. The van der Waals surface area contributed by atoms with Crippen LogP contribution in [0.3, 0.4) is 0 Å². The van der Waals surface area contributed by atoms with Gasteiger partial charge in [-0.2, -0.15) is 4.98 Å². The highest BCUT2D eigenvalue weighted by Gasteiger charge is 2.32. The van der Waals surface area contributed by atoms with Crippen molar-refractivity contribution >= 4 is 33.3 Å². The van der Waals surface area contributed by atoms with Crippen LogP contribution in [0.25, 0.3) is 10.2 Å². The molecule has 0 atom stereocenters. The molecule has 2 aromatic rings. The Balaban J connectivity index is 1.65. The number of rotatable bonds is 3. The van der Waals surface area contributed by atoms with Crippen molar-refractivity contribution in [3.8, 4) is 0 Å². The van der Waals surface area contributed by atoms with Gasteiger partial charge in [-0.15, -0.1) is 11.3 Å². The number of fused-ring (bicyclic) bond motifs is 1. The van der Waals surface area contributed by atoms with Gasteiger partial charge in [-0.25, -0.2) is 10.8 Å². The number of hydrazine groups is 1. The van der Waals surface area contributed by atoms with Crippen molar-refractivity contribution in [2.24, 2.45) is 5.84 Å². The third-order valence-electron chi connectivity index (χ3n) is 4.30. The lowest BCUT2D eigenvalue weighted by molar-refractivity contribution is 0.248. The van der Waals surface area contributed by atoms with Crippen LogP contribution in [-0.2, 0) is 0 Å². The Morgan fingerprint density at radius 1 is 1.24 bits per heavy atom. The molecule has 3 heterocycles. The predicted octanol–water partition coefficient (Wildman–Crippen LogP) is 1.57. The van der Waals surface area contributed by atoms with Crippen molar-refractivity contribution in [1.82, 2.24) is 14.9 Å². The van der Waals surface area contributed by atoms with E-state index < -0.39 is 0 Å². The van der Waals surface area contributed by atoms with Crippen LogP contribution in [0.1, 0.15) is 17.7 Å². The van der Waals surface area contributed by atoms with Crippen LogP contribution >= 0.6 is 11.3 Å². The molecular formula is C14H20N6S. The second-order valence-corrected chi connectivity index (χ2v) is 7.08. The van der Waals surface area contributed by atoms with Crippen LogP contribution in [0.15, 0.2) is 6.07 Å². The zero-order valence-corrected chi connectivity index (χ0v) is 13.0. The van der Waals surface area contributed by atoms with Gasteiger partial charge in [0.05, 0.1) is 5.39 Å². The maximum Gasteiger partial charge on any atom is 0.240 e. The number of hydrogen-bond donors (Lipinski definition) is 2. The summed E-state index contributed by atoms with van der Waals surface area (Å²) in [7, 11) is 0. The third kappa shape index (κ3) is 2.45. The van der Waals surface area contributed by atoms with Crippen LogP contribution in [0, 0.1) is 6.92 Å². The van der Waals surface area contributed by atoms with Crippen LogP contribution in [0.5, 0.6) is 0 Å². The number of nitrogen functional groups attached to an aromatic ring is 1. The highest BCUT2D eigenvalue weighted by Crippen LogP contribution is 2.33. The molecule has 2 aromatic heterocycles. The first kappa shape index (κ1) is 13.2. The molecule has 1 aliphatic carbocycles. The van der Waals surface area contributed by atoms with Crippen molar-refractivity contribution in [1.29, 1.82) is 0 Å². The van der Waals surface area contributed by atoms with Gasteiger partial charge in [0.2, 0.25) is 5.95 Å². The fourth-order valence-electron chi connectivity index (χ4n) is 3.07. The first-order valence-electron chi connectivity index (χ1n) is 7.48. The molecular weight excluding hydrogens is 284 g/mol. The summed E-state index contributed by atoms with van der Waals surface area (Å²) in [6, 6.07) is 3.03. The van der Waals surface area contributed by atoms with E-state index in [1.807, 2.05) is 0 Å². The Labute approximate surface area is 127 Å². The number of aryl methyl sites for hydroxylation is 1. The molecule has 21 heavy (non-hydrogen) atoms. The molecule has 0 aromatic carbocycles. The van der Waals surface area contributed by atoms with Crippen molar-refractivity contribution in [2.45, 2.75) is 25.8 Å². The molecule has 0 radical (unpaired) electrons. The molecule has 6 nitrogen and oxygen atoms in total. The molecule has 2 fully saturated rings. The summed E-state index contributed by atoms with van der Waals surface area (Å²) in [5, 5.41) is 1.15. The van der Waals surface area contributed by atoms with E-state index in [0.29, 0.717) is 5.95 Å². The zero-order valence-electron chi connectivity index (χ0n) is 12.2. The predicted molar refractivity (Wildman–Crippen MR) is 86.8 cm³/mol. The molecule has 0 bridgehead atoms. The molecule has 3 N–H and O–H groups in total. The van der Waals surface area contributed by atoms with Gasteiger partial charge in [0.15, 0.2) is 0 Å². The van der Waals surface area contributed by atoms with Crippen LogP contribution in [-0.4, -0.2) is 47.1 Å². The van der Waals surface area contributed by atoms with Gasteiger partial charge in [0.25, 0.3) is 0 Å². The second-order valence-electron chi connectivity index (χ2n) is 5.85. The first-order valence-corrected chi connectivity index (χ1v) is 8.30. The molecule has 0 amide bonds. The highest BCUT2D eigenvalue weighted by atomic mass is 32.1. The van der Waals surface area contributed by atoms with Crippen LogP contribution in [0.2, 0.25) is 0 Å². The van der Waals surface area contributed by atoms with E-state index >= 15 is 0 Å². The highest BCUT2D eigenvalue weighted by molar-refractivity contribution is 7.18. The first-order chi connectivity index (χ1) is 10.2. The number of hydrogen-bond acceptors (Lipinski definition) is 7.